The molecule has 0 aromatic carbocycles. The second-order valence-corrected chi connectivity index (χ2v) is 3.64. The highest BCUT2D eigenvalue weighted by molar-refractivity contribution is 5.48. The van der Waals surface area contributed by atoms with Crippen LogP contribution in [0.5, 0.6) is 5.88 Å². The van der Waals surface area contributed by atoms with Gasteiger partial charge in [0.2, 0.25) is 5.95 Å². The predicted molar refractivity (Wildman–Crippen MR) is 59.4 cm³/mol. The van der Waals surface area contributed by atoms with Crippen molar-refractivity contribution in [2.75, 3.05) is 19.0 Å². The summed E-state index contributed by atoms with van der Waals surface area (Å²) < 4.78 is 53.9. The van der Waals surface area contributed by atoms with Crippen LogP contribution in [0.1, 0.15) is 5.69 Å². The van der Waals surface area contributed by atoms with Gasteiger partial charge in [-0.1, -0.05) is 0 Å². The van der Waals surface area contributed by atoms with Crippen molar-refractivity contribution in [2.45, 2.75) is 19.3 Å². The molecule has 0 atom stereocenters. The summed E-state index contributed by atoms with van der Waals surface area (Å²) in [5, 5.41) is 13.2. The Morgan fingerprint density at radius 2 is 2.05 bits per heavy atom. The minimum absolute atomic E-state index is 0.122. The van der Waals surface area contributed by atoms with Crippen molar-refractivity contribution in [3.05, 3.63) is 15.8 Å². The Kier molecular flexibility index (Phi) is 4.63. The van der Waals surface area contributed by atoms with E-state index in [2.05, 4.69) is 20.0 Å². The molecule has 0 aliphatic heterocycles. The number of ether oxygens (including phenoxy) is 1. The van der Waals surface area contributed by atoms with Crippen molar-refractivity contribution in [2.24, 2.45) is 0 Å². The molecule has 11 heteroatoms. The fourth-order valence-corrected chi connectivity index (χ4v) is 1.19. The van der Waals surface area contributed by atoms with E-state index in [4.69, 9.17) is 0 Å². The molecule has 0 aliphatic carbocycles. The second kappa shape index (κ2) is 5.84. The number of hydrogen-bond acceptors (Lipinski definition) is 6. The third kappa shape index (κ3) is 3.42. The highest BCUT2D eigenvalue weighted by atomic mass is 19.3. The van der Waals surface area contributed by atoms with Crippen molar-refractivity contribution in [1.82, 2.24) is 9.97 Å². The van der Waals surface area contributed by atoms with E-state index in [1.54, 1.807) is 0 Å². The van der Waals surface area contributed by atoms with E-state index in [1.807, 2.05) is 0 Å². The summed E-state index contributed by atoms with van der Waals surface area (Å²) in [7, 11) is 1.39. The van der Waals surface area contributed by atoms with Crippen molar-refractivity contribution in [1.29, 1.82) is 0 Å². The summed E-state index contributed by atoms with van der Waals surface area (Å²) in [4.78, 5) is 17.0. The van der Waals surface area contributed by atoms with Crippen LogP contribution in [0.25, 0.3) is 0 Å². The number of aryl methyl sites for hydroxylation is 1. The quantitative estimate of drug-likeness (QED) is 0.491. The van der Waals surface area contributed by atoms with Crippen LogP contribution in [0.3, 0.4) is 0 Å². The molecule has 1 aromatic rings. The highest BCUT2D eigenvalue weighted by Crippen LogP contribution is 2.31. The number of anilines is 1. The minimum Gasteiger partial charge on any atom is -0.466 e. The Bertz CT molecular complexity index is 512. The topological polar surface area (TPSA) is 90.2 Å². The summed E-state index contributed by atoms with van der Waals surface area (Å²) >= 11 is 0. The Hall–Kier alpha value is -2.20. The van der Waals surface area contributed by atoms with Gasteiger partial charge in [-0.15, -0.1) is 0 Å². The van der Waals surface area contributed by atoms with Crippen molar-refractivity contribution in [3.8, 4) is 5.88 Å². The molecule has 1 aromatic heterocycles. The normalized spacial score (nSPS) is 11.6. The lowest BCUT2D eigenvalue weighted by Crippen LogP contribution is -2.34. The zero-order valence-electron chi connectivity index (χ0n) is 10.4. The minimum atomic E-state index is -4.44. The predicted octanol–water partition coefficient (Wildman–Crippen LogP) is 2.01. The Balaban J connectivity index is 3.10. The molecule has 0 aliphatic rings. The van der Waals surface area contributed by atoms with Gasteiger partial charge in [-0.25, -0.2) is 13.8 Å². The van der Waals surface area contributed by atoms with Crippen LogP contribution in [0.15, 0.2) is 0 Å². The smallest absolute Gasteiger partial charge is 0.352 e. The molecule has 0 saturated carbocycles. The monoisotopic (exact) mass is 298 g/mol. The average Bonchev–Trinajstić information content (AvgIpc) is 2.34. The van der Waals surface area contributed by atoms with Crippen molar-refractivity contribution in [3.63, 3.8) is 0 Å². The van der Waals surface area contributed by atoms with Crippen LogP contribution in [0.4, 0.5) is 29.2 Å². The maximum atomic E-state index is 12.7. The van der Waals surface area contributed by atoms with Gasteiger partial charge in [0, 0.05) is 7.05 Å². The molecule has 1 N–H and O–H groups in total. The number of nitro groups is 1. The van der Waals surface area contributed by atoms with Gasteiger partial charge in [0.25, 0.3) is 5.88 Å². The summed E-state index contributed by atoms with van der Waals surface area (Å²) in [6, 6.07) is 0. The maximum Gasteiger partial charge on any atom is 0.352 e. The molecule has 0 amide bonds. The molecule has 0 unspecified atom stereocenters. The largest absolute Gasteiger partial charge is 0.466 e. The number of alkyl halides is 4. The molecule has 20 heavy (non-hydrogen) atoms. The Labute approximate surface area is 110 Å². The van der Waals surface area contributed by atoms with Crippen molar-refractivity contribution < 1.29 is 27.2 Å². The molecule has 0 saturated heterocycles. The lowest BCUT2D eigenvalue weighted by molar-refractivity contribution is -0.387. The Morgan fingerprint density at radius 1 is 1.45 bits per heavy atom. The van der Waals surface area contributed by atoms with Crippen LogP contribution in [0.2, 0.25) is 0 Å². The molecular weight excluding hydrogens is 288 g/mol. The molecule has 1 rings (SSSR count). The van der Waals surface area contributed by atoms with Crippen LogP contribution in [-0.2, 0) is 0 Å². The van der Waals surface area contributed by atoms with E-state index >= 15 is 0 Å². The highest BCUT2D eigenvalue weighted by Gasteiger charge is 2.42. The number of hydrogen-bond donors (Lipinski definition) is 1. The molecular formula is C9H10F4N4O3. The number of nitrogens with one attached hydrogen (secondary N) is 1. The number of rotatable bonds is 6. The zero-order valence-corrected chi connectivity index (χ0v) is 10.4. The number of halogens is 4. The van der Waals surface area contributed by atoms with E-state index in [0.717, 1.165) is 0 Å². The standard InChI is InChI=1S/C9H10F4N4O3/c1-4-5(17(18)19)6(16-8(14-2)15-4)20-3-9(12,13)7(10)11/h7H,3H2,1-2H3,(H,14,15,16). The van der Waals surface area contributed by atoms with Crippen LogP contribution in [-0.4, -0.2) is 40.9 Å². The first kappa shape index (κ1) is 15.9. The summed E-state index contributed by atoms with van der Waals surface area (Å²) in [5.74, 6) is -5.36. The summed E-state index contributed by atoms with van der Waals surface area (Å²) in [5.41, 5.74) is -0.904. The fourth-order valence-electron chi connectivity index (χ4n) is 1.19. The number of nitrogens with zero attached hydrogens (tertiary/aromatic N) is 3. The first-order chi connectivity index (χ1) is 9.19. The Morgan fingerprint density at radius 3 is 2.50 bits per heavy atom. The van der Waals surface area contributed by atoms with Gasteiger partial charge in [-0.3, -0.25) is 10.1 Å². The van der Waals surface area contributed by atoms with E-state index in [9.17, 15) is 27.7 Å². The maximum absolute atomic E-state index is 12.7. The van der Waals surface area contributed by atoms with Gasteiger partial charge in [-0.05, 0) is 6.92 Å². The molecule has 0 spiro atoms. The number of aromatic nitrogens is 2. The zero-order chi connectivity index (χ0) is 15.5. The molecule has 0 bridgehead atoms. The van der Waals surface area contributed by atoms with Crippen molar-refractivity contribution >= 4 is 11.6 Å². The molecule has 0 fully saturated rings. The van der Waals surface area contributed by atoms with Crippen LogP contribution in [0, 0.1) is 17.0 Å². The van der Waals surface area contributed by atoms with Gasteiger partial charge in [-0.2, -0.15) is 13.8 Å². The van der Waals surface area contributed by atoms with E-state index < -0.39 is 35.4 Å². The van der Waals surface area contributed by atoms with E-state index in [-0.39, 0.29) is 11.6 Å². The summed E-state index contributed by atoms with van der Waals surface area (Å²) in [6.45, 7) is -0.496. The summed E-state index contributed by atoms with van der Waals surface area (Å²) in [6.07, 6.45) is -3.95. The van der Waals surface area contributed by atoms with E-state index in [0.29, 0.717) is 0 Å². The van der Waals surface area contributed by atoms with Gasteiger partial charge < -0.3 is 10.1 Å². The first-order valence-corrected chi connectivity index (χ1v) is 5.18. The SMILES string of the molecule is CNc1nc(C)c([N+](=O)[O-])c(OCC(F)(F)C(F)F)n1. The molecule has 112 valence electrons. The fraction of sp³-hybridized carbons (Fsp3) is 0.556. The third-order valence-corrected chi connectivity index (χ3v) is 2.15. The third-order valence-electron chi connectivity index (χ3n) is 2.15. The van der Waals surface area contributed by atoms with Gasteiger partial charge in [0.15, 0.2) is 6.61 Å². The van der Waals surface area contributed by atoms with Gasteiger partial charge in [0.1, 0.15) is 5.69 Å². The molecule has 1 heterocycles. The van der Waals surface area contributed by atoms with E-state index in [1.165, 1.54) is 14.0 Å². The molecule has 0 radical (unpaired) electrons. The average molecular weight is 298 g/mol. The van der Waals surface area contributed by atoms with Crippen LogP contribution < -0.4 is 10.1 Å². The van der Waals surface area contributed by atoms with Gasteiger partial charge >= 0.3 is 18.0 Å². The lowest BCUT2D eigenvalue weighted by atomic mass is 10.3. The second-order valence-electron chi connectivity index (χ2n) is 3.64. The van der Waals surface area contributed by atoms with Gasteiger partial charge in [0.05, 0.1) is 4.92 Å². The molecule has 7 nitrogen and oxygen atoms in total. The lowest BCUT2D eigenvalue weighted by Gasteiger charge is -2.15. The van der Waals surface area contributed by atoms with Crippen LogP contribution >= 0.6 is 0 Å². The first-order valence-electron chi connectivity index (χ1n) is 5.18.